The smallest absolute Gasteiger partial charge is 0.322 e. The highest BCUT2D eigenvalue weighted by molar-refractivity contribution is 5.89. The molecular formula is C30H53N5O9. The molecular weight excluding hydrogens is 574 g/mol. The predicted molar refractivity (Wildman–Crippen MR) is 162 cm³/mol. The van der Waals surface area contributed by atoms with Gasteiger partial charge in [0.25, 0.3) is 0 Å². The summed E-state index contributed by atoms with van der Waals surface area (Å²) < 4.78 is 11.6. The number of carboxylic acid groups (broad SMARTS) is 1. The van der Waals surface area contributed by atoms with E-state index in [-0.39, 0.29) is 42.2 Å². The van der Waals surface area contributed by atoms with Crippen molar-refractivity contribution in [3.63, 3.8) is 0 Å². The second-order valence-electron chi connectivity index (χ2n) is 11.9. The second kappa shape index (κ2) is 19.2. The third kappa shape index (κ3) is 12.0. The number of methoxy groups -OCH3 is 2. The van der Waals surface area contributed by atoms with Gasteiger partial charge in [-0.25, -0.2) is 0 Å². The van der Waals surface area contributed by atoms with E-state index in [4.69, 9.17) is 14.6 Å². The van der Waals surface area contributed by atoms with E-state index in [1.54, 1.807) is 30.9 Å². The summed E-state index contributed by atoms with van der Waals surface area (Å²) in [6.07, 6.45) is 1.47. The highest BCUT2D eigenvalue weighted by Crippen LogP contribution is 2.29. The number of aliphatic carboxylic acids is 1. The molecule has 0 aromatic rings. The number of carboxylic acids is 1. The molecule has 1 saturated heterocycles. The van der Waals surface area contributed by atoms with Crippen molar-refractivity contribution in [3.8, 4) is 0 Å². The zero-order valence-electron chi connectivity index (χ0n) is 27.5. The van der Waals surface area contributed by atoms with E-state index in [1.807, 2.05) is 20.8 Å². The third-order valence-corrected chi connectivity index (χ3v) is 8.19. The van der Waals surface area contributed by atoms with Crippen molar-refractivity contribution in [2.75, 3.05) is 47.4 Å². The van der Waals surface area contributed by atoms with Crippen LogP contribution in [-0.4, -0.2) is 122 Å². The van der Waals surface area contributed by atoms with Gasteiger partial charge in [-0.05, 0) is 24.7 Å². The van der Waals surface area contributed by atoms with Gasteiger partial charge in [0, 0.05) is 34.2 Å². The Labute approximate surface area is 260 Å². The summed E-state index contributed by atoms with van der Waals surface area (Å²) >= 11 is 0. The van der Waals surface area contributed by atoms with Gasteiger partial charge in [0.05, 0.1) is 49.7 Å². The Balaban J connectivity index is 2.89. The lowest BCUT2D eigenvalue weighted by Gasteiger charge is -2.39. The molecule has 5 unspecified atom stereocenters. The van der Waals surface area contributed by atoms with Gasteiger partial charge >= 0.3 is 5.97 Å². The molecule has 1 rings (SSSR count). The number of carbonyl (C=O) groups is 6. The van der Waals surface area contributed by atoms with Crippen molar-refractivity contribution < 1.29 is 43.3 Å². The summed E-state index contributed by atoms with van der Waals surface area (Å²) in [5.41, 5.74) is 0. The van der Waals surface area contributed by atoms with E-state index >= 15 is 0 Å². The molecule has 0 bridgehead atoms. The van der Waals surface area contributed by atoms with Crippen LogP contribution >= 0.6 is 0 Å². The molecule has 0 aromatic heterocycles. The van der Waals surface area contributed by atoms with Crippen LogP contribution in [0.1, 0.15) is 66.7 Å². The minimum Gasteiger partial charge on any atom is -0.480 e. The van der Waals surface area contributed by atoms with E-state index in [2.05, 4.69) is 22.9 Å². The first kappa shape index (κ1) is 38.8. The second-order valence-corrected chi connectivity index (χ2v) is 11.9. The van der Waals surface area contributed by atoms with Gasteiger partial charge in [0.15, 0.2) is 0 Å². The molecule has 5 amide bonds. The van der Waals surface area contributed by atoms with E-state index in [0.717, 1.165) is 12.8 Å². The molecule has 1 aliphatic heterocycles. The molecule has 1 aliphatic rings. The Morgan fingerprint density at radius 1 is 0.909 bits per heavy atom. The van der Waals surface area contributed by atoms with E-state index in [9.17, 15) is 28.8 Å². The Morgan fingerprint density at radius 2 is 1.50 bits per heavy atom. The van der Waals surface area contributed by atoms with Crippen LogP contribution in [0.25, 0.3) is 0 Å². The lowest BCUT2D eigenvalue weighted by molar-refractivity contribution is -0.146. The van der Waals surface area contributed by atoms with E-state index in [1.165, 1.54) is 7.11 Å². The number of nitrogens with zero attached hydrogens (tertiary/aromatic N) is 2. The van der Waals surface area contributed by atoms with Crippen LogP contribution in [0, 0.1) is 17.8 Å². The number of rotatable bonds is 19. The van der Waals surface area contributed by atoms with E-state index < -0.39 is 61.5 Å². The van der Waals surface area contributed by atoms with Crippen molar-refractivity contribution in [2.24, 2.45) is 17.8 Å². The maximum absolute atomic E-state index is 13.7. The lowest BCUT2D eigenvalue weighted by atomic mass is 9.90. The first-order valence-electron chi connectivity index (χ1n) is 15.3. The lowest BCUT2D eigenvalue weighted by Crippen LogP contribution is -2.53. The highest BCUT2D eigenvalue weighted by atomic mass is 16.5. The molecule has 4 N–H and O–H groups in total. The normalized spacial score (nSPS) is 18.1. The zero-order valence-corrected chi connectivity index (χ0v) is 27.5. The van der Waals surface area contributed by atoms with Crippen LogP contribution in [0.2, 0.25) is 0 Å². The molecule has 0 aliphatic carbocycles. The molecule has 6 atom stereocenters. The molecule has 14 nitrogen and oxygen atoms in total. The SMILES string of the molecule is CCC(C)C(C(CC(=O)N1CCC[C@H]1C(OC)C(C)C(=O)NCC(=O)NCC(=O)NCC(=O)O)OC)N(C)C(=O)CC(C)C. The van der Waals surface area contributed by atoms with Gasteiger partial charge in [0.1, 0.15) is 6.54 Å². The summed E-state index contributed by atoms with van der Waals surface area (Å²) in [4.78, 5) is 77.3. The van der Waals surface area contributed by atoms with Crippen LogP contribution in [0.3, 0.4) is 0 Å². The number of hydrogen-bond acceptors (Lipinski definition) is 8. The van der Waals surface area contributed by atoms with Crippen LogP contribution < -0.4 is 16.0 Å². The predicted octanol–water partition coefficient (Wildman–Crippen LogP) is 0.386. The molecule has 0 aromatic carbocycles. The topological polar surface area (TPSA) is 184 Å². The average Bonchev–Trinajstić information content (AvgIpc) is 3.46. The number of carbonyl (C=O) groups excluding carboxylic acids is 5. The minimum absolute atomic E-state index is 0.00765. The van der Waals surface area contributed by atoms with Crippen LogP contribution in [0.15, 0.2) is 0 Å². The van der Waals surface area contributed by atoms with Gasteiger partial charge in [-0.3, -0.25) is 28.8 Å². The molecule has 252 valence electrons. The number of likely N-dealkylation sites (tertiary alicyclic amines) is 1. The molecule has 14 heteroatoms. The molecule has 0 spiro atoms. The average molecular weight is 628 g/mol. The first-order chi connectivity index (χ1) is 20.7. The van der Waals surface area contributed by atoms with Crippen molar-refractivity contribution >= 4 is 35.5 Å². The summed E-state index contributed by atoms with van der Waals surface area (Å²) in [5, 5.41) is 15.6. The maximum atomic E-state index is 13.7. The number of amides is 5. The first-order valence-corrected chi connectivity index (χ1v) is 15.3. The largest absolute Gasteiger partial charge is 0.480 e. The van der Waals surface area contributed by atoms with Gasteiger partial charge in [-0.1, -0.05) is 41.0 Å². The van der Waals surface area contributed by atoms with E-state index in [0.29, 0.717) is 19.4 Å². The fraction of sp³-hybridized carbons (Fsp3) is 0.800. The summed E-state index contributed by atoms with van der Waals surface area (Å²) in [7, 11) is 4.80. The van der Waals surface area contributed by atoms with Gasteiger partial charge < -0.3 is 40.3 Å². The van der Waals surface area contributed by atoms with Crippen LogP contribution in [-0.2, 0) is 38.2 Å². The van der Waals surface area contributed by atoms with Crippen LogP contribution in [0.5, 0.6) is 0 Å². The summed E-state index contributed by atoms with van der Waals surface area (Å²) in [6.45, 7) is 8.84. The zero-order chi connectivity index (χ0) is 33.6. The van der Waals surface area contributed by atoms with Gasteiger partial charge in [-0.15, -0.1) is 0 Å². The molecule has 44 heavy (non-hydrogen) atoms. The fourth-order valence-electron chi connectivity index (χ4n) is 5.63. The summed E-state index contributed by atoms with van der Waals surface area (Å²) in [5.74, 6) is -3.53. The number of likely N-dealkylation sites (N-methyl/N-ethyl adjacent to an activating group) is 1. The molecule has 1 fully saturated rings. The number of hydrogen-bond donors (Lipinski definition) is 4. The Morgan fingerprint density at radius 3 is 2.02 bits per heavy atom. The van der Waals surface area contributed by atoms with Gasteiger partial charge in [-0.2, -0.15) is 0 Å². The molecule has 0 radical (unpaired) electrons. The third-order valence-electron chi connectivity index (χ3n) is 8.19. The van der Waals surface area contributed by atoms with Crippen molar-refractivity contribution in [1.82, 2.24) is 25.8 Å². The summed E-state index contributed by atoms with van der Waals surface area (Å²) in [6, 6.07) is -0.668. The Bertz CT molecular complexity index is 992. The van der Waals surface area contributed by atoms with Crippen LogP contribution in [0.4, 0.5) is 0 Å². The fourth-order valence-corrected chi connectivity index (χ4v) is 5.63. The van der Waals surface area contributed by atoms with Crippen molar-refractivity contribution in [1.29, 1.82) is 0 Å². The Hall–Kier alpha value is -3.26. The quantitative estimate of drug-likeness (QED) is 0.157. The molecule has 0 saturated carbocycles. The minimum atomic E-state index is -1.21. The Kier molecular flexibility index (Phi) is 16.9. The standard InChI is InChI=1S/C30H53N5O9/c1-9-19(4)28(34(6)25(38)13-18(2)3)22(43-7)14-26(39)35-12-10-11-21(35)29(44-8)20(5)30(42)33-16-24(37)31-15-23(36)32-17-27(40)41/h18-22,28-29H,9-17H2,1-8H3,(H,31,37)(H,32,36)(H,33,42)(H,40,41)/t19?,20?,21-,22?,28?,29?/m0/s1. The maximum Gasteiger partial charge on any atom is 0.322 e. The van der Waals surface area contributed by atoms with Crippen molar-refractivity contribution in [3.05, 3.63) is 0 Å². The van der Waals surface area contributed by atoms with Crippen molar-refractivity contribution in [2.45, 2.75) is 91.0 Å². The highest BCUT2D eigenvalue weighted by Gasteiger charge is 2.42. The number of nitrogens with one attached hydrogen (secondary N) is 3. The van der Waals surface area contributed by atoms with Gasteiger partial charge in [0.2, 0.25) is 29.5 Å². The molecule has 1 heterocycles. The monoisotopic (exact) mass is 627 g/mol. The number of ether oxygens (including phenoxy) is 2.